The van der Waals surface area contributed by atoms with Crippen molar-refractivity contribution in [1.29, 1.82) is 0 Å². The van der Waals surface area contributed by atoms with E-state index >= 15 is 0 Å². The predicted octanol–water partition coefficient (Wildman–Crippen LogP) is 1.99. The zero-order valence-corrected chi connectivity index (χ0v) is 11.3. The third kappa shape index (κ3) is 3.03. The summed E-state index contributed by atoms with van der Waals surface area (Å²) < 4.78 is 0. The summed E-state index contributed by atoms with van der Waals surface area (Å²) in [5.41, 5.74) is 7.05. The lowest BCUT2D eigenvalue weighted by molar-refractivity contribution is 0.198. The van der Waals surface area contributed by atoms with E-state index < -0.39 is 0 Å². The van der Waals surface area contributed by atoms with E-state index in [0.717, 1.165) is 19.5 Å². The van der Waals surface area contributed by atoms with Crippen LogP contribution in [0.4, 0.5) is 0 Å². The van der Waals surface area contributed by atoms with Gasteiger partial charge in [0.2, 0.25) is 0 Å². The molecule has 3 heteroatoms. The van der Waals surface area contributed by atoms with Crippen molar-refractivity contribution in [2.24, 2.45) is 11.7 Å². The number of rotatable bonds is 4. The van der Waals surface area contributed by atoms with Gasteiger partial charge in [0.15, 0.2) is 0 Å². The molecule has 1 fully saturated rings. The first-order chi connectivity index (χ1) is 8.60. The van der Waals surface area contributed by atoms with Gasteiger partial charge in [-0.2, -0.15) is 0 Å². The lowest BCUT2D eigenvalue weighted by Gasteiger charge is -2.28. The first-order valence-electron chi connectivity index (χ1n) is 6.84. The molecule has 0 aromatic heterocycles. The van der Waals surface area contributed by atoms with Crippen molar-refractivity contribution < 1.29 is 5.11 Å². The number of hydrogen-bond acceptors (Lipinski definition) is 3. The lowest BCUT2D eigenvalue weighted by Crippen LogP contribution is -2.37. The van der Waals surface area contributed by atoms with E-state index in [2.05, 4.69) is 18.7 Å². The maximum Gasteiger partial charge on any atom is 0.115 e. The number of phenolic OH excluding ortho intramolecular Hbond substituents is 1. The van der Waals surface area contributed by atoms with E-state index in [-0.39, 0.29) is 0 Å². The predicted molar refractivity (Wildman–Crippen MR) is 74.6 cm³/mol. The Kier molecular flexibility index (Phi) is 4.25. The summed E-state index contributed by atoms with van der Waals surface area (Å²) in [6.07, 6.45) is 2.25. The molecule has 1 heterocycles. The molecule has 1 aromatic carbocycles. The molecule has 0 saturated carbocycles. The minimum absolute atomic E-state index is 0.337. The van der Waals surface area contributed by atoms with Crippen LogP contribution in [0.5, 0.6) is 5.75 Å². The zero-order chi connectivity index (χ0) is 13.1. The second kappa shape index (κ2) is 5.72. The van der Waals surface area contributed by atoms with Crippen molar-refractivity contribution >= 4 is 0 Å². The molecule has 3 unspecified atom stereocenters. The van der Waals surface area contributed by atoms with Crippen LogP contribution in [0.2, 0.25) is 0 Å². The van der Waals surface area contributed by atoms with Gasteiger partial charge in [-0.25, -0.2) is 0 Å². The highest BCUT2D eigenvalue weighted by atomic mass is 16.3. The van der Waals surface area contributed by atoms with Crippen molar-refractivity contribution in [1.82, 2.24) is 4.90 Å². The Hall–Kier alpha value is -1.06. The van der Waals surface area contributed by atoms with E-state index in [4.69, 9.17) is 5.73 Å². The molecule has 0 aliphatic carbocycles. The lowest BCUT2D eigenvalue weighted by atomic mass is 10.1. The van der Waals surface area contributed by atoms with Crippen molar-refractivity contribution in [2.45, 2.75) is 38.8 Å². The Balaban J connectivity index is 1.95. The maximum absolute atomic E-state index is 9.29. The summed E-state index contributed by atoms with van der Waals surface area (Å²) in [7, 11) is 0. The second-order valence-electron chi connectivity index (χ2n) is 5.60. The van der Waals surface area contributed by atoms with Gasteiger partial charge < -0.3 is 10.8 Å². The molecule has 18 heavy (non-hydrogen) atoms. The molecule has 2 rings (SSSR count). The Morgan fingerprint density at radius 2 is 2.06 bits per heavy atom. The van der Waals surface area contributed by atoms with E-state index in [1.165, 1.54) is 12.0 Å². The minimum atomic E-state index is 0.337. The van der Waals surface area contributed by atoms with Gasteiger partial charge in [-0.05, 0) is 56.8 Å². The van der Waals surface area contributed by atoms with Crippen LogP contribution in [0.1, 0.15) is 25.8 Å². The Morgan fingerprint density at radius 1 is 1.39 bits per heavy atom. The molecule has 1 aliphatic heterocycles. The molecular weight excluding hydrogens is 224 g/mol. The van der Waals surface area contributed by atoms with E-state index in [0.29, 0.717) is 23.8 Å². The molecule has 3 nitrogen and oxygen atoms in total. The normalized spacial score (nSPS) is 26.4. The summed E-state index contributed by atoms with van der Waals surface area (Å²) in [5.74, 6) is 0.992. The highest BCUT2D eigenvalue weighted by Gasteiger charge is 2.31. The SMILES string of the molecule is CC(Cc1ccc(O)cc1)N1CC(CN)CC1C. The number of benzene rings is 1. The average molecular weight is 248 g/mol. The summed E-state index contributed by atoms with van der Waals surface area (Å²) >= 11 is 0. The fourth-order valence-corrected chi connectivity index (χ4v) is 3.05. The third-order valence-electron chi connectivity index (χ3n) is 4.08. The van der Waals surface area contributed by atoms with Gasteiger partial charge in [-0.3, -0.25) is 4.90 Å². The van der Waals surface area contributed by atoms with Crippen LogP contribution in [-0.4, -0.2) is 35.2 Å². The number of nitrogens with zero attached hydrogens (tertiary/aromatic N) is 1. The van der Waals surface area contributed by atoms with E-state index in [1.807, 2.05) is 12.1 Å². The Bertz CT molecular complexity index is 377. The van der Waals surface area contributed by atoms with Crippen LogP contribution in [0.15, 0.2) is 24.3 Å². The Morgan fingerprint density at radius 3 is 2.61 bits per heavy atom. The fraction of sp³-hybridized carbons (Fsp3) is 0.600. The zero-order valence-electron chi connectivity index (χ0n) is 11.3. The number of likely N-dealkylation sites (tertiary alicyclic amines) is 1. The molecule has 100 valence electrons. The van der Waals surface area contributed by atoms with Crippen molar-refractivity contribution in [3.8, 4) is 5.75 Å². The van der Waals surface area contributed by atoms with Crippen molar-refractivity contribution in [3.63, 3.8) is 0 Å². The maximum atomic E-state index is 9.29. The molecule has 0 bridgehead atoms. The monoisotopic (exact) mass is 248 g/mol. The van der Waals surface area contributed by atoms with Crippen LogP contribution < -0.4 is 5.73 Å². The highest BCUT2D eigenvalue weighted by Crippen LogP contribution is 2.25. The van der Waals surface area contributed by atoms with Gasteiger partial charge in [0.25, 0.3) is 0 Å². The summed E-state index contributed by atoms with van der Waals surface area (Å²) in [4.78, 5) is 2.56. The topological polar surface area (TPSA) is 49.5 Å². The van der Waals surface area contributed by atoms with Crippen molar-refractivity contribution in [3.05, 3.63) is 29.8 Å². The van der Waals surface area contributed by atoms with Gasteiger partial charge in [0.1, 0.15) is 5.75 Å². The molecule has 1 saturated heterocycles. The molecule has 1 aliphatic rings. The molecule has 1 aromatic rings. The van der Waals surface area contributed by atoms with Gasteiger partial charge in [0, 0.05) is 18.6 Å². The number of nitrogens with two attached hydrogens (primary N) is 1. The quantitative estimate of drug-likeness (QED) is 0.856. The summed E-state index contributed by atoms with van der Waals surface area (Å²) in [5, 5.41) is 9.29. The van der Waals surface area contributed by atoms with Crippen LogP contribution in [-0.2, 0) is 6.42 Å². The average Bonchev–Trinajstić information content (AvgIpc) is 2.73. The molecule has 3 N–H and O–H groups in total. The van der Waals surface area contributed by atoms with E-state index in [9.17, 15) is 5.11 Å². The smallest absolute Gasteiger partial charge is 0.115 e. The largest absolute Gasteiger partial charge is 0.508 e. The molecule has 0 amide bonds. The first kappa shape index (κ1) is 13.4. The van der Waals surface area contributed by atoms with Crippen LogP contribution in [0.3, 0.4) is 0 Å². The van der Waals surface area contributed by atoms with Crippen LogP contribution in [0.25, 0.3) is 0 Å². The third-order valence-corrected chi connectivity index (χ3v) is 4.08. The second-order valence-corrected chi connectivity index (χ2v) is 5.60. The standard InChI is InChI=1S/C15H24N2O/c1-11(7-13-3-5-15(18)6-4-13)17-10-14(9-16)8-12(17)2/h3-6,11-12,14,18H,7-10,16H2,1-2H3. The van der Waals surface area contributed by atoms with Gasteiger partial charge in [-0.15, -0.1) is 0 Å². The summed E-state index contributed by atoms with van der Waals surface area (Å²) in [6, 6.07) is 8.70. The molecule has 3 atom stereocenters. The van der Waals surface area contributed by atoms with E-state index in [1.54, 1.807) is 12.1 Å². The Labute approximate surface area is 110 Å². The molecule has 0 spiro atoms. The fourth-order valence-electron chi connectivity index (χ4n) is 3.05. The number of aromatic hydroxyl groups is 1. The number of hydrogen-bond donors (Lipinski definition) is 2. The van der Waals surface area contributed by atoms with Gasteiger partial charge >= 0.3 is 0 Å². The van der Waals surface area contributed by atoms with Gasteiger partial charge in [-0.1, -0.05) is 12.1 Å². The first-order valence-corrected chi connectivity index (χ1v) is 6.84. The van der Waals surface area contributed by atoms with Crippen LogP contribution in [0, 0.1) is 5.92 Å². The van der Waals surface area contributed by atoms with Crippen molar-refractivity contribution in [2.75, 3.05) is 13.1 Å². The minimum Gasteiger partial charge on any atom is -0.508 e. The van der Waals surface area contributed by atoms with Crippen LogP contribution >= 0.6 is 0 Å². The number of phenols is 1. The van der Waals surface area contributed by atoms with Gasteiger partial charge in [0.05, 0.1) is 0 Å². The molecule has 0 radical (unpaired) electrons. The molecular formula is C15H24N2O. The summed E-state index contributed by atoms with van der Waals surface area (Å²) in [6.45, 7) is 6.49. The highest BCUT2D eigenvalue weighted by molar-refractivity contribution is 5.26.